The number of rotatable bonds is 3. The second-order valence-electron chi connectivity index (χ2n) is 4.65. The van der Waals surface area contributed by atoms with Crippen LogP contribution in [0.3, 0.4) is 0 Å². The molecule has 0 amide bonds. The summed E-state index contributed by atoms with van der Waals surface area (Å²) in [5, 5.41) is 23.5. The van der Waals surface area contributed by atoms with Crippen LogP contribution in [0.5, 0.6) is 5.75 Å². The fourth-order valence-electron chi connectivity index (χ4n) is 1.98. The number of phenolic OH excluding ortho intramolecular Hbond substituents is 1. The number of phenols is 1. The van der Waals surface area contributed by atoms with Crippen molar-refractivity contribution < 1.29 is 5.11 Å². The number of nitrogens with zero attached hydrogens (tertiary/aromatic N) is 2. The van der Waals surface area contributed by atoms with Crippen molar-refractivity contribution in [3.63, 3.8) is 0 Å². The molecule has 1 aromatic heterocycles. The van der Waals surface area contributed by atoms with Crippen LogP contribution in [0.1, 0.15) is 0 Å². The smallest absolute Gasteiger partial charge is 0.292 e. The molecule has 23 heavy (non-hydrogen) atoms. The fourth-order valence-corrected chi connectivity index (χ4v) is 2.43. The average Bonchev–Trinajstić information content (AvgIpc) is 2.87. The van der Waals surface area contributed by atoms with Gasteiger partial charge in [-0.05, 0) is 30.3 Å². The summed E-state index contributed by atoms with van der Waals surface area (Å²) < 4.78 is 0. The molecule has 0 saturated carbocycles. The van der Waals surface area contributed by atoms with Gasteiger partial charge in [0.1, 0.15) is 11.4 Å². The summed E-state index contributed by atoms with van der Waals surface area (Å²) in [5.41, 5.74) is 1.05. The van der Waals surface area contributed by atoms with Crippen LogP contribution >= 0.6 is 23.2 Å². The number of H-pyrrole nitrogens is 2. The topological polar surface area (TPSA) is 93.6 Å². The van der Waals surface area contributed by atoms with E-state index in [1.807, 2.05) is 0 Å². The van der Waals surface area contributed by atoms with Crippen LogP contribution in [0, 0.1) is 0 Å². The predicted molar refractivity (Wildman–Crippen MR) is 89.2 cm³/mol. The molecule has 0 saturated heterocycles. The molecule has 1 heterocycles. The number of aromatic nitrogens is 2. The lowest BCUT2D eigenvalue weighted by Gasteiger charge is -2.00. The summed E-state index contributed by atoms with van der Waals surface area (Å²) >= 11 is 11.8. The Hall–Kier alpha value is -2.57. The zero-order valence-electron chi connectivity index (χ0n) is 11.5. The number of halogens is 2. The minimum Gasteiger partial charge on any atom is -0.508 e. The van der Waals surface area contributed by atoms with Crippen molar-refractivity contribution in [1.29, 1.82) is 0 Å². The molecule has 0 aliphatic carbocycles. The van der Waals surface area contributed by atoms with Gasteiger partial charge in [0.2, 0.25) is 0 Å². The van der Waals surface area contributed by atoms with E-state index < -0.39 is 5.56 Å². The van der Waals surface area contributed by atoms with E-state index in [1.54, 1.807) is 24.3 Å². The van der Waals surface area contributed by atoms with Gasteiger partial charge in [-0.25, -0.2) is 0 Å². The number of aromatic hydroxyl groups is 1. The highest BCUT2D eigenvalue weighted by atomic mass is 35.5. The van der Waals surface area contributed by atoms with E-state index in [2.05, 4.69) is 20.4 Å². The van der Waals surface area contributed by atoms with Crippen LogP contribution in [0.4, 0.5) is 11.4 Å². The Bertz CT molecular complexity index is 947. The van der Waals surface area contributed by atoms with E-state index in [0.717, 1.165) is 0 Å². The van der Waals surface area contributed by atoms with E-state index in [1.165, 1.54) is 18.2 Å². The molecule has 0 atom stereocenters. The zero-order valence-corrected chi connectivity index (χ0v) is 13.1. The second kappa shape index (κ2) is 6.28. The molecular formula is C15H10Cl2N4O2. The molecular weight excluding hydrogens is 339 g/mol. The summed E-state index contributed by atoms with van der Waals surface area (Å²) in [4.78, 5) is 11.9. The summed E-state index contributed by atoms with van der Waals surface area (Å²) in [6, 6.07) is 11.2. The summed E-state index contributed by atoms with van der Waals surface area (Å²) in [6.07, 6.45) is 0. The molecule has 116 valence electrons. The van der Waals surface area contributed by atoms with Gasteiger partial charge in [-0.1, -0.05) is 35.3 Å². The van der Waals surface area contributed by atoms with Crippen molar-refractivity contribution in [2.24, 2.45) is 10.2 Å². The number of benzene rings is 2. The molecule has 6 nitrogen and oxygen atoms in total. The molecule has 3 N–H and O–H groups in total. The van der Waals surface area contributed by atoms with Crippen molar-refractivity contribution in [1.82, 2.24) is 10.2 Å². The van der Waals surface area contributed by atoms with Crippen LogP contribution in [0.2, 0.25) is 10.0 Å². The molecule has 0 fully saturated rings. The molecule has 3 aromatic rings. The molecule has 0 radical (unpaired) electrons. The maximum Gasteiger partial charge on any atom is 0.292 e. The van der Waals surface area contributed by atoms with Gasteiger partial charge >= 0.3 is 0 Å². The van der Waals surface area contributed by atoms with Crippen molar-refractivity contribution in [2.45, 2.75) is 0 Å². The quantitative estimate of drug-likeness (QED) is 0.593. The van der Waals surface area contributed by atoms with Gasteiger partial charge in [0, 0.05) is 10.6 Å². The molecule has 3 rings (SSSR count). The summed E-state index contributed by atoms with van der Waals surface area (Å²) in [5.74, 6) is 0.0770. The number of hydrogen-bond acceptors (Lipinski definition) is 4. The van der Waals surface area contributed by atoms with Crippen molar-refractivity contribution in [3.8, 4) is 17.0 Å². The first-order valence-electron chi connectivity index (χ1n) is 6.51. The number of nitrogens with one attached hydrogen (secondary N) is 2. The Labute approximate surface area is 140 Å². The van der Waals surface area contributed by atoms with Crippen molar-refractivity contribution in [2.75, 3.05) is 0 Å². The minimum atomic E-state index is -0.433. The standard InChI is InChI=1S/C15H10Cl2N4O2/c16-9-4-5-12(11(17)7-9)18-20-14-13(19-21-15(14)23)8-2-1-3-10(22)6-8/h1-7,22H,(H2,19,21,23). The maximum absolute atomic E-state index is 11.9. The van der Waals surface area contributed by atoms with E-state index in [0.29, 0.717) is 27.0 Å². The normalized spacial score (nSPS) is 11.2. The molecule has 0 unspecified atom stereocenters. The molecule has 0 bridgehead atoms. The Balaban J connectivity index is 2.02. The van der Waals surface area contributed by atoms with Crippen LogP contribution in [0.25, 0.3) is 11.3 Å². The van der Waals surface area contributed by atoms with E-state index in [4.69, 9.17) is 23.2 Å². The highest BCUT2D eigenvalue weighted by Gasteiger charge is 2.12. The van der Waals surface area contributed by atoms with Gasteiger partial charge in [0.05, 0.1) is 10.7 Å². The number of azo groups is 1. The van der Waals surface area contributed by atoms with Crippen molar-refractivity contribution >= 4 is 34.6 Å². The van der Waals surface area contributed by atoms with Gasteiger partial charge in [-0.2, -0.15) is 0 Å². The molecule has 0 spiro atoms. The van der Waals surface area contributed by atoms with Gasteiger partial charge in [-0.15, -0.1) is 10.2 Å². The third kappa shape index (κ3) is 3.28. The Morgan fingerprint density at radius 3 is 2.57 bits per heavy atom. The van der Waals surface area contributed by atoms with Crippen LogP contribution in [0.15, 0.2) is 57.5 Å². The molecule has 0 aliphatic rings. The third-order valence-electron chi connectivity index (χ3n) is 3.06. The third-order valence-corrected chi connectivity index (χ3v) is 3.59. The van der Waals surface area contributed by atoms with E-state index in [-0.39, 0.29) is 11.4 Å². The van der Waals surface area contributed by atoms with Gasteiger partial charge in [-0.3, -0.25) is 15.0 Å². The van der Waals surface area contributed by atoms with Crippen LogP contribution in [-0.2, 0) is 0 Å². The van der Waals surface area contributed by atoms with Gasteiger partial charge < -0.3 is 5.11 Å². The van der Waals surface area contributed by atoms with Gasteiger partial charge in [0.25, 0.3) is 5.56 Å². The zero-order chi connectivity index (χ0) is 16.4. The van der Waals surface area contributed by atoms with E-state index >= 15 is 0 Å². The predicted octanol–water partition coefficient (Wildman–Crippen LogP) is 4.80. The first-order valence-corrected chi connectivity index (χ1v) is 7.27. The SMILES string of the molecule is O=c1[nH][nH]c(-c2cccc(O)c2)c1N=Nc1ccc(Cl)cc1Cl. The average molecular weight is 349 g/mol. The fraction of sp³-hybridized carbons (Fsp3) is 0. The minimum absolute atomic E-state index is 0.0770. The highest BCUT2D eigenvalue weighted by Crippen LogP contribution is 2.31. The first kappa shape index (κ1) is 15.3. The molecule has 8 heteroatoms. The lowest BCUT2D eigenvalue weighted by Crippen LogP contribution is -1.96. The van der Waals surface area contributed by atoms with Crippen molar-refractivity contribution in [3.05, 3.63) is 62.9 Å². The molecule has 2 aromatic carbocycles. The number of aromatic amines is 2. The lowest BCUT2D eigenvalue weighted by molar-refractivity contribution is 0.475. The van der Waals surface area contributed by atoms with Crippen LogP contribution < -0.4 is 5.56 Å². The van der Waals surface area contributed by atoms with Gasteiger partial charge in [0.15, 0.2) is 5.69 Å². The number of hydrogen-bond donors (Lipinski definition) is 3. The second-order valence-corrected chi connectivity index (χ2v) is 5.49. The van der Waals surface area contributed by atoms with E-state index in [9.17, 15) is 9.90 Å². The Kier molecular flexibility index (Phi) is 4.18. The summed E-state index contributed by atoms with van der Waals surface area (Å²) in [7, 11) is 0. The largest absolute Gasteiger partial charge is 0.508 e. The Morgan fingerprint density at radius 1 is 1.00 bits per heavy atom. The molecule has 0 aliphatic heterocycles. The highest BCUT2D eigenvalue weighted by molar-refractivity contribution is 6.36. The first-order chi connectivity index (χ1) is 11.0. The Morgan fingerprint density at radius 2 is 1.83 bits per heavy atom. The van der Waals surface area contributed by atoms with Crippen LogP contribution in [-0.4, -0.2) is 15.3 Å². The maximum atomic E-state index is 11.9. The summed E-state index contributed by atoms with van der Waals surface area (Å²) in [6.45, 7) is 0. The lowest BCUT2D eigenvalue weighted by atomic mass is 10.1. The monoisotopic (exact) mass is 348 g/mol.